The van der Waals surface area contributed by atoms with E-state index in [0.29, 0.717) is 18.5 Å². The number of likely N-dealkylation sites (tertiary alicyclic amines) is 1. The van der Waals surface area contributed by atoms with E-state index in [4.69, 9.17) is 4.42 Å². The largest absolute Gasteiger partial charge is 0.444 e. The number of rotatable bonds is 4. The Bertz CT molecular complexity index is 781. The Morgan fingerprint density at radius 3 is 2.78 bits per heavy atom. The Balaban J connectivity index is 0.00000210. The standard InChI is InChI=1S/C20H25N5O.HI/c1-21-20(25-12-9-18(14-25)24-10-5-6-11-24)22-13-17-15-26-19(23-17)16-7-3-2-4-8-16;/h2-8,15,18H,9-14H2,1H3,(H,21,22);1H. The fraction of sp³-hybridized carbons (Fsp3) is 0.400. The molecule has 3 heterocycles. The molecule has 144 valence electrons. The van der Waals surface area contributed by atoms with Crippen molar-refractivity contribution in [2.45, 2.75) is 19.0 Å². The number of oxazole rings is 1. The van der Waals surface area contributed by atoms with Gasteiger partial charge in [-0.05, 0) is 18.6 Å². The summed E-state index contributed by atoms with van der Waals surface area (Å²) in [6.45, 7) is 4.82. The van der Waals surface area contributed by atoms with E-state index in [1.165, 1.54) is 6.42 Å². The average Bonchev–Trinajstić information content (AvgIpc) is 3.44. The fourth-order valence-electron chi connectivity index (χ4n) is 3.63. The van der Waals surface area contributed by atoms with E-state index in [2.05, 4.69) is 37.2 Å². The average molecular weight is 479 g/mol. The zero-order valence-electron chi connectivity index (χ0n) is 15.5. The summed E-state index contributed by atoms with van der Waals surface area (Å²) in [7, 11) is 1.84. The summed E-state index contributed by atoms with van der Waals surface area (Å²) < 4.78 is 5.61. The molecule has 0 aliphatic carbocycles. The fourth-order valence-corrected chi connectivity index (χ4v) is 3.63. The van der Waals surface area contributed by atoms with E-state index >= 15 is 0 Å². The highest BCUT2D eigenvalue weighted by Crippen LogP contribution is 2.19. The molecule has 2 aliphatic heterocycles. The van der Waals surface area contributed by atoms with Crippen LogP contribution in [0.3, 0.4) is 0 Å². The number of guanidine groups is 1. The van der Waals surface area contributed by atoms with Gasteiger partial charge in [0.05, 0.1) is 12.2 Å². The number of nitrogens with zero attached hydrogens (tertiary/aromatic N) is 4. The van der Waals surface area contributed by atoms with Crippen LogP contribution in [0.5, 0.6) is 0 Å². The van der Waals surface area contributed by atoms with Crippen molar-refractivity contribution in [3.63, 3.8) is 0 Å². The Labute approximate surface area is 177 Å². The molecule has 4 rings (SSSR count). The van der Waals surface area contributed by atoms with Gasteiger partial charge in [0.2, 0.25) is 5.89 Å². The van der Waals surface area contributed by atoms with Crippen LogP contribution >= 0.6 is 24.0 Å². The van der Waals surface area contributed by atoms with Gasteiger partial charge in [0, 0.05) is 44.8 Å². The van der Waals surface area contributed by atoms with Gasteiger partial charge in [0.1, 0.15) is 6.26 Å². The normalized spacial score (nSPS) is 20.1. The summed E-state index contributed by atoms with van der Waals surface area (Å²) in [5, 5.41) is 3.42. The van der Waals surface area contributed by atoms with Crippen molar-refractivity contribution in [2.75, 3.05) is 33.2 Å². The van der Waals surface area contributed by atoms with Gasteiger partial charge in [-0.1, -0.05) is 30.4 Å². The second-order valence-electron chi connectivity index (χ2n) is 6.72. The molecule has 0 amide bonds. The van der Waals surface area contributed by atoms with Gasteiger partial charge in [-0.15, -0.1) is 24.0 Å². The molecule has 0 radical (unpaired) electrons. The third-order valence-corrected chi connectivity index (χ3v) is 5.04. The highest BCUT2D eigenvalue weighted by molar-refractivity contribution is 14.0. The molecule has 1 N–H and O–H groups in total. The van der Waals surface area contributed by atoms with Gasteiger partial charge in [0.25, 0.3) is 0 Å². The summed E-state index contributed by atoms with van der Waals surface area (Å²) >= 11 is 0. The SMILES string of the molecule is CN=C(NCc1coc(-c2ccccc2)n1)N1CCC(N2CC=CC2)C1.I. The van der Waals surface area contributed by atoms with E-state index in [1.807, 2.05) is 37.4 Å². The number of halogens is 1. The maximum absolute atomic E-state index is 5.61. The molecule has 0 bridgehead atoms. The van der Waals surface area contributed by atoms with E-state index in [9.17, 15) is 0 Å². The molecule has 6 nitrogen and oxygen atoms in total. The number of hydrogen-bond acceptors (Lipinski definition) is 4. The van der Waals surface area contributed by atoms with Crippen LogP contribution in [0.15, 0.2) is 58.2 Å². The lowest BCUT2D eigenvalue weighted by atomic mass is 10.2. The van der Waals surface area contributed by atoms with Crippen molar-refractivity contribution in [3.8, 4) is 11.5 Å². The van der Waals surface area contributed by atoms with Gasteiger partial charge in [-0.3, -0.25) is 9.89 Å². The van der Waals surface area contributed by atoms with Crippen LogP contribution in [0.2, 0.25) is 0 Å². The van der Waals surface area contributed by atoms with Crippen LogP contribution in [-0.2, 0) is 6.54 Å². The lowest BCUT2D eigenvalue weighted by Crippen LogP contribution is -2.42. The van der Waals surface area contributed by atoms with Gasteiger partial charge < -0.3 is 14.6 Å². The summed E-state index contributed by atoms with van der Waals surface area (Å²) in [6.07, 6.45) is 7.41. The van der Waals surface area contributed by atoms with Crippen molar-refractivity contribution in [1.29, 1.82) is 0 Å². The number of benzene rings is 1. The van der Waals surface area contributed by atoms with E-state index in [-0.39, 0.29) is 24.0 Å². The lowest BCUT2D eigenvalue weighted by Gasteiger charge is -2.25. The first kappa shape index (κ1) is 19.9. The van der Waals surface area contributed by atoms with Crippen molar-refractivity contribution < 1.29 is 4.42 Å². The Morgan fingerprint density at radius 2 is 2.04 bits per heavy atom. The number of aromatic nitrogens is 1. The molecule has 0 saturated carbocycles. The third-order valence-electron chi connectivity index (χ3n) is 5.04. The Kier molecular flexibility index (Phi) is 6.89. The summed E-state index contributed by atoms with van der Waals surface area (Å²) in [5.41, 5.74) is 1.87. The molecule has 7 heteroatoms. The van der Waals surface area contributed by atoms with Crippen LogP contribution in [0.25, 0.3) is 11.5 Å². The smallest absolute Gasteiger partial charge is 0.226 e. The molecular formula is C20H26IN5O. The van der Waals surface area contributed by atoms with Crippen LogP contribution < -0.4 is 5.32 Å². The van der Waals surface area contributed by atoms with E-state index in [1.54, 1.807) is 6.26 Å². The second kappa shape index (κ2) is 9.36. The molecule has 2 aliphatic rings. The van der Waals surface area contributed by atoms with Gasteiger partial charge >= 0.3 is 0 Å². The highest BCUT2D eigenvalue weighted by atomic mass is 127. The zero-order valence-corrected chi connectivity index (χ0v) is 17.9. The molecule has 1 saturated heterocycles. The van der Waals surface area contributed by atoms with Gasteiger partial charge in [-0.25, -0.2) is 4.98 Å². The van der Waals surface area contributed by atoms with Crippen LogP contribution in [0.4, 0.5) is 0 Å². The maximum Gasteiger partial charge on any atom is 0.226 e. The van der Waals surface area contributed by atoms with Crippen LogP contribution in [0.1, 0.15) is 12.1 Å². The Morgan fingerprint density at radius 1 is 1.26 bits per heavy atom. The minimum absolute atomic E-state index is 0. The predicted octanol–water partition coefficient (Wildman–Crippen LogP) is 2.98. The van der Waals surface area contributed by atoms with Gasteiger partial charge in [0.15, 0.2) is 5.96 Å². The quantitative estimate of drug-likeness (QED) is 0.316. The molecule has 0 spiro atoms. The zero-order chi connectivity index (χ0) is 17.8. The first-order valence-corrected chi connectivity index (χ1v) is 9.18. The lowest BCUT2D eigenvalue weighted by molar-refractivity contribution is 0.259. The molecule has 1 atom stereocenters. The predicted molar refractivity (Wildman–Crippen MR) is 118 cm³/mol. The molecular weight excluding hydrogens is 453 g/mol. The molecule has 27 heavy (non-hydrogen) atoms. The topological polar surface area (TPSA) is 56.9 Å². The number of nitrogens with one attached hydrogen (secondary N) is 1. The van der Waals surface area contributed by atoms with Crippen molar-refractivity contribution in [1.82, 2.24) is 20.1 Å². The molecule has 1 aromatic carbocycles. The summed E-state index contributed by atoms with van der Waals surface area (Å²) in [4.78, 5) is 13.9. The molecule has 2 aromatic rings. The van der Waals surface area contributed by atoms with Crippen molar-refractivity contribution in [3.05, 3.63) is 54.4 Å². The highest BCUT2D eigenvalue weighted by Gasteiger charge is 2.29. The van der Waals surface area contributed by atoms with Crippen molar-refractivity contribution >= 4 is 29.9 Å². The minimum Gasteiger partial charge on any atom is -0.444 e. The summed E-state index contributed by atoms with van der Waals surface area (Å²) in [5.74, 6) is 1.59. The number of hydrogen-bond donors (Lipinski definition) is 1. The third kappa shape index (κ3) is 4.70. The van der Waals surface area contributed by atoms with Gasteiger partial charge in [-0.2, -0.15) is 0 Å². The Hall–Kier alpha value is -1.87. The van der Waals surface area contributed by atoms with Crippen LogP contribution in [-0.4, -0.2) is 60.0 Å². The van der Waals surface area contributed by atoms with E-state index < -0.39 is 0 Å². The van der Waals surface area contributed by atoms with E-state index in [0.717, 1.165) is 43.4 Å². The van der Waals surface area contributed by atoms with Crippen molar-refractivity contribution in [2.24, 2.45) is 4.99 Å². The monoisotopic (exact) mass is 479 g/mol. The number of aliphatic imine (C=N–C) groups is 1. The van der Waals surface area contributed by atoms with Crippen LogP contribution in [0, 0.1) is 0 Å². The first-order chi connectivity index (χ1) is 12.8. The molecule has 1 unspecified atom stereocenters. The second-order valence-corrected chi connectivity index (χ2v) is 6.72. The molecule has 1 aromatic heterocycles. The molecule has 1 fully saturated rings. The minimum atomic E-state index is 0. The maximum atomic E-state index is 5.61. The first-order valence-electron chi connectivity index (χ1n) is 9.18. The summed E-state index contributed by atoms with van der Waals surface area (Å²) in [6, 6.07) is 10.6.